The highest BCUT2D eigenvalue weighted by Gasteiger charge is 2.28. The maximum Gasteiger partial charge on any atom is 0.387 e. The molecule has 0 radical (unpaired) electrons. The molecule has 0 spiro atoms. The van der Waals surface area contributed by atoms with Crippen LogP contribution in [0.3, 0.4) is 0 Å². The first-order chi connectivity index (χ1) is 13.9. The number of carbonyl (C=O) groups is 2. The predicted octanol–water partition coefficient (Wildman–Crippen LogP) is 4.12. The zero-order chi connectivity index (χ0) is 20.8. The van der Waals surface area contributed by atoms with Crippen molar-refractivity contribution in [3.8, 4) is 5.75 Å². The summed E-state index contributed by atoms with van der Waals surface area (Å²) in [5.41, 5.74) is 0.143. The van der Waals surface area contributed by atoms with Crippen LogP contribution in [-0.2, 0) is 9.53 Å². The summed E-state index contributed by atoms with van der Waals surface area (Å²) in [5.74, 6) is -1.42. The fraction of sp³-hybridized carbons (Fsp3) is 0.150. The molecule has 1 atom stereocenters. The smallest absolute Gasteiger partial charge is 0.387 e. The van der Waals surface area contributed by atoms with Gasteiger partial charge in [0.1, 0.15) is 17.1 Å². The second kappa shape index (κ2) is 8.96. The van der Waals surface area contributed by atoms with Crippen molar-refractivity contribution in [3.63, 3.8) is 0 Å². The van der Waals surface area contributed by atoms with E-state index in [9.17, 15) is 18.4 Å². The molecule has 0 fully saturated rings. The highest BCUT2D eigenvalue weighted by molar-refractivity contribution is 5.98. The molecule has 0 saturated heterocycles. The van der Waals surface area contributed by atoms with Gasteiger partial charge in [0.05, 0.1) is 0 Å². The Labute approximate surface area is 164 Å². The van der Waals surface area contributed by atoms with E-state index < -0.39 is 24.6 Å². The van der Waals surface area contributed by atoms with Crippen molar-refractivity contribution in [2.75, 3.05) is 5.32 Å². The number of rotatable bonds is 7. The van der Waals surface area contributed by atoms with Gasteiger partial charge in [-0.15, -0.1) is 0 Å². The highest BCUT2D eigenvalue weighted by atomic mass is 19.3. The molecule has 9 heteroatoms. The van der Waals surface area contributed by atoms with Crippen molar-refractivity contribution in [1.82, 2.24) is 5.16 Å². The number of halogens is 2. The standard InChI is InChI=1S/C20H16F2N2O5/c1-12-11-16(24-29-12)23-18(25)17(13-7-3-2-4-8-13)28-19(26)14-9-5-6-10-15(14)27-20(21)22/h2-11,17,20H,1H3,(H,23,24,25). The lowest BCUT2D eigenvalue weighted by Gasteiger charge is -2.18. The van der Waals surface area contributed by atoms with E-state index in [0.717, 1.165) is 0 Å². The molecular formula is C20H16F2N2O5. The van der Waals surface area contributed by atoms with Gasteiger partial charge in [0, 0.05) is 11.6 Å². The summed E-state index contributed by atoms with van der Waals surface area (Å²) < 4.78 is 39.8. The third-order valence-corrected chi connectivity index (χ3v) is 3.77. The van der Waals surface area contributed by atoms with Crippen LogP contribution in [0.25, 0.3) is 0 Å². The number of benzene rings is 2. The van der Waals surface area contributed by atoms with Gasteiger partial charge in [-0.25, -0.2) is 4.79 Å². The van der Waals surface area contributed by atoms with Crippen molar-refractivity contribution in [2.45, 2.75) is 19.6 Å². The number of aryl methyl sites for hydroxylation is 1. The Morgan fingerprint density at radius 1 is 1.07 bits per heavy atom. The minimum Gasteiger partial charge on any atom is -0.444 e. The van der Waals surface area contributed by atoms with Crippen LogP contribution in [0.15, 0.2) is 65.2 Å². The molecule has 0 aliphatic carbocycles. The van der Waals surface area contributed by atoms with Crippen LogP contribution in [-0.4, -0.2) is 23.6 Å². The SMILES string of the molecule is Cc1cc(NC(=O)C(OC(=O)c2ccccc2OC(F)F)c2ccccc2)no1. The Morgan fingerprint density at radius 3 is 2.41 bits per heavy atom. The molecule has 1 aromatic heterocycles. The minimum atomic E-state index is -3.12. The van der Waals surface area contributed by atoms with Gasteiger partial charge >= 0.3 is 12.6 Å². The molecule has 0 aliphatic heterocycles. The van der Waals surface area contributed by atoms with Crippen LogP contribution in [0, 0.1) is 6.92 Å². The molecule has 29 heavy (non-hydrogen) atoms. The van der Waals surface area contributed by atoms with E-state index in [-0.39, 0.29) is 17.1 Å². The van der Waals surface area contributed by atoms with E-state index in [4.69, 9.17) is 9.26 Å². The number of aromatic nitrogens is 1. The van der Waals surface area contributed by atoms with Crippen LogP contribution in [0.5, 0.6) is 5.75 Å². The molecule has 150 valence electrons. The number of nitrogens with zero attached hydrogens (tertiary/aromatic N) is 1. The Hall–Kier alpha value is -3.75. The normalized spacial score (nSPS) is 11.7. The zero-order valence-corrected chi connectivity index (χ0v) is 15.2. The molecule has 0 bridgehead atoms. The average molecular weight is 402 g/mol. The fourth-order valence-electron chi connectivity index (χ4n) is 2.52. The lowest BCUT2D eigenvalue weighted by molar-refractivity contribution is -0.125. The van der Waals surface area contributed by atoms with Gasteiger partial charge in [-0.2, -0.15) is 8.78 Å². The first-order valence-electron chi connectivity index (χ1n) is 8.48. The molecule has 1 unspecified atom stereocenters. The van der Waals surface area contributed by atoms with Gasteiger partial charge in [0.2, 0.25) is 6.10 Å². The second-order valence-electron chi connectivity index (χ2n) is 5.88. The maximum absolute atomic E-state index is 12.7. The molecule has 3 rings (SSSR count). The summed E-state index contributed by atoms with van der Waals surface area (Å²) >= 11 is 0. The van der Waals surface area contributed by atoms with E-state index >= 15 is 0 Å². The Morgan fingerprint density at radius 2 is 1.76 bits per heavy atom. The first kappa shape index (κ1) is 20.0. The number of ether oxygens (including phenoxy) is 2. The van der Waals surface area contributed by atoms with Gasteiger partial charge in [-0.3, -0.25) is 4.79 Å². The monoisotopic (exact) mass is 402 g/mol. The maximum atomic E-state index is 12.7. The van der Waals surface area contributed by atoms with E-state index in [1.165, 1.54) is 30.3 Å². The van der Waals surface area contributed by atoms with Crippen molar-refractivity contribution in [2.24, 2.45) is 0 Å². The quantitative estimate of drug-likeness (QED) is 0.598. The molecule has 1 heterocycles. The number of alkyl halides is 2. The zero-order valence-electron chi connectivity index (χ0n) is 15.2. The number of hydrogen-bond acceptors (Lipinski definition) is 6. The number of anilines is 1. The number of amides is 1. The largest absolute Gasteiger partial charge is 0.444 e. The molecule has 1 N–H and O–H groups in total. The van der Waals surface area contributed by atoms with Crippen molar-refractivity contribution in [1.29, 1.82) is 0 Å². The van der Waals surface area contributed by atoms with Crippen LogP contribution >= 0.6 is 0 Å². The average Bonchev–Trinajstić information content (AvgIpc) is 3.11. The lowest BCUT2D eigenvalue weighted by Crippen LogP contribution is -2.26. The Bertz CT molecular complexity index is 991. The topological polar surface area (TPSA) is 90.7 Å². The summed E-state index contributed by atoms with van der Waals surface area (Å²) in [7, 11) is 0. The summed E-state index contributed by atoms with van der Waals surface area (Å²) in [5, 5.41) is 6.16. The van der Waals surface area contributed by atoms with Gasteiger partial charge < -0.3 is 19.3 Å². The molecule has 0 aliphatic rings. The number of esters is 1. The summed E-state index contributed by atoms with van der Waals surface area (Å²) in [6, 6.07) is 15.1. The molecule has 7 nitrogen and oxygen atoms in total. The summed E-state index contributed by atoms with van der Waals surface area (Å²) in [6.07, 6.45) is -1.36. The first-order valence-corrected chi connectivity index (χ1v) is 8.48. The van der Waals surface area contributed by atoms with Gasteiger partial charge in [0.25, 0.3) is 5.91 Å². The van der Waals surface area contributed by atoms with E-state index in [1.54, 1.807) is 37.3 Å². The molecule has 1 amide bonds. The van der Waals surface area contributed by atoms with Gasteiger partial charge in [-0.05, 0) is 19.1 Å². The number of carbonyl (C=O) groups excluding carboxylic acids is 2. The van der Waals surface area contributed by atoms with Crippen LogP contribution in [0.1, 0.15) is 27.8 Å². The third-order valence-electron chi connectivity index (χ3n) is 3.77. The van der Waals surface area contributed by atoms with Crippen molar-refractivity contribution >= 4 is 17.7 Å². The number of para-hydroxylation sites is 1. The van der Waals surface area contributed by atoms with E-state index in [0.29, 0.717) is 11.3 Å². The van der Waals surface area contributed by atoms with Crippen LogP contribution in [0.2, 0.25) is 0 Å². The lowest BCUT2D eigenvalue weighted by atomic mass is 10.1. The minimum absolute atomic E-state index is 0.144. The van der Waals surface area contributed by atoms with Crippen LogP contribution < -0.4 is 10.1 Å². The van der Waals surface area contributed by atoms with Gasteiger partial charge in [-0.1, -0.05) is 47.6 Å². The predicted molar refractivity (Wildman–Crippen MR) is 97.5 cm³/mol. The van der Waals surface area contributed by atoms with Crippen LogP contribution in [0.4, 0.5) is 14.6 Å². The Kier molecular flexibility index (Phi) is 6.18. The van der Waals surface area contributed by atoms with Gasteiger partial charge in [0.15, 0.2) is 5.82 Å². The van der Waals surface area contributed by atoms with E-state index in [1.807, 2.05) is 0 Å². The van der Waals surface area contributed by atoms with Crippen molar-refractivity contribution < 1.29 is 32.4 Å². The number of nitrogens with one attached hydrogen (secondary N) is 1. The number of hydrogen-bond donors (Lipinski definition) is 1. The summed E-state index contributed by atoms with van der Waals surface area (Å²) in [6.45, 7) is -1.47. The summed E-state index contributed by atoms with van der Waals surface area (Å²) in [4.78, 5) is 25.4. The fourth-order valence-corrected chi connectivity index (χ4v) is 2.52. The molecule has 3 aromatic rings. The molecular weight excluding hydrogens is 386 g/mol. The van der Waals surface area contributed by atoms with Crippen molar-refractivity contribution in [3.05, 3.63) is 77.6 Å². The second-order valence-corrected chi connectivity index (χ2v) is 5.88. The van der Waals surface area contributed by atoms with E-state index in [2.05, 4.69) is 15.2 Å². The Balaban J connectivity index is 1.86. The highest BCUT2D eigenvalue weighted by Crippen LogP contribution is 2.26. The molecule has 2 aromatic carbocycles. The third kappa shape index (κ3) is 5.16. The molecule has 0 saturated carbocycles.